The lowest BCUT2D eigenvalue weighted by atomic mass is 10.2. The van der Waals surface area contributed by atoms with Crippen molar-refractivity contribution >= 4 is 5.82 Å². The van der Waals surface area contributed by atoms with Gasteiger partial charge in [0.25, 0.3) is 0 Å². The molecular formula is C15H12N6O3. The Hall–Kier alpha value is -3.54. The standard InChI is InChI=1S/C15H12N6O3/c16-5-9-6-18-21(14(9)17)7-13-19-15(20-24-13)12-8-22-10-3-1-2-4-11(10)23-12/h1-4,6,12H,7-8,17H2. The van der Waals surface area contributed by atoms with Crippen LogP contribution in [0.3, 0.4) is 0 Å². The smallest absolute Gasteiger partial charge is 0.248 e. The van der Waals surface area contributed by atoms with Crippen LogP contribution < -0.4 is 15.2 Å². The van der Waals surface area contributed by atoms with Crippen LogP contribution in [0.2, 0.25) is 0 Å². The number of nitrogen functional groups attached to an aromatic ring is 1. The van der Waals surface area contributed by atoms with Crippen LogP contribution in [0.4, 0.5) is 5.82 Å². The summed E-state index contributed by atoms with van der Waals surface area (Å²) in [7, 11) is 0. The minimum Gasteiger partial charge on any atom is -0.485 e. The number of para-hydroxylation sites is 2. The van der Waals surface area contributed by atoms with Crippen LogP contribution in [-0.2, 0) is 6.54 Å². The fraction of sp³-hybridized carbons (Fsp3) is 0.200. The topological polar surface area (TPSA) is 125 Å². The van der Waals surface area contributed by atoms with E-state index in [4.69, 9.17) is 25.0 Å². The zero-order chi connectivity index (χ0) is 16.5. The molecule has 24 heavy (non-hydrogen) atoms. The lowest BCUT2D eigenvalue weighted by Crippen LogP contribution is -2.22. The molecule has 0 spiro atoms. The molecule has 1 aliphatic heterocycles. The van der Waals surface area contributed by atoms with Crippen molar-refractivity contribution in [3.8, 4) is 17.6 Å². The van der Waals surface area contributed by atoms with Gasteiger partial charge in [-0.05, 0) is 12.1 Å². The average Bonchev–Trinajstić information content (AvgIpc) is 3.22. The molecule has 3 heterocycles. The Morgan fingerprint density at radius 1 is 1.33 bits per heavy atom. The van der Waals surface area contributed by atoms with Crippen LogP contribution in [0.1, 0.15) is 23.4 Å². The number of hydrogen-bond donors (Lipinski definition) is 1. The largest absolute Gasteiger partial charge is 0.485 e. The van der Waals surface area contributed by atoms with Crippen molar-refractivity contribution in [3.63, 3.8) is 0 Å². The first-order valence-electron chi connectivity index (χ1n) is 7.17. The molecule has 0 amide bonds. The second kappa shape index (κ2) is 5.58. The zero-order valence-electron chi connectivity index (χ0n) is 12.4. The third-order valence-corrected chi connectivity index (χ3v) is 3.57. The van der Waals surface area contributed by atoms with E-state index in [0.29, 0.717) is 35.4 Å². The van der Waals surface area contributed by atoms with Gasteiger partial charge in [0.15, 0.2) is 17.6 Å². The molecular weight excluding hydrogens is 312 g/mol. The molecule has 3 aromatic rings. The summed E-state index contributed by atoms with van der Waals surface area (Å²) in [5.74, 6) is 2.27. The van der Waals surface area contributed by atoms with E-state index in [-0.39, 0.29) is 12.4 Å². The number of anilines is 1. The molecule has 2 aromatic heterocycles. The normalized spacial score (nSPS) is 15.9. The van der Waals surface area contributed by atoms with Gasteiger partial charge in [0.2, 0.25) is 11.7 Å². The second-order valence-electron chi connectivity index (χ2n) is 5.12. The molecule has 1 unspecified atom stereocenters. The highest BCUT2D eigenvalue weighted by Gasteiger charge is 2.27. The summed E-state index contributed by atoms with van der Waals surface area (Å²) in [5.41, 5.74) is 6.11. The van der Waals surface area contributed by atoms with Gasteiger partial charge in [-0.3, -0.25) is 0 Å². The Balaban J connectivity index is 1.51. The molecule has 1 aliphatic rings. The number of fused-ring (bicyclic) bond motifs is 1. The number of nitriles is 1. The number of ether oxygens (including phenoxy) is 2. The van der Waals surface area contributed by atoms with Gasteiger partial charge in [0.05, 0.1) is 6.20 Å². The number of nitrogens with zero attached hydrogens (tertiary/aromatic N) is 5. The Morgan fingerprint density at radius 3 is 2.96 bits per heavy atom. The second-order valence-corrected chi connectivity index (χ2v) is 5.12. The molecule has 2 N–H and O–H groups in total. The van der Waals surface area contributed by atoms with E-state index < -0.39 is 6.10 Å². The fourth-order valence-electron chi connectivity index (χ4n) is 2.34. The Bertz CT molecular complexity index is 925. The maximum Gasteiger partial charge on any atom is 0.248 e. The molecule has 0 bridgehead atoms. The number of aromatic nitrogens is 4. The zero-order valence-corrected chi connectivity index (χ0v) is 12.4. The molecule has 0 fully saturated rings. The summed E-state index contributed by atoms with van der Waals surface area (Å²) in [6.45, 7) is 0.461. The SMILES string of the molecule is N#Cc1cnn(Cc2nc(C3COc4ccccc4O3)no2)c1N. The Labute approximate surface area is 136 Å². The minimum atomic E-state index is -0.456. The highest BCUT2D eigenvalue weighted by atomic mass is 16.6. The molecule has 120 valence electrons. The van der Waals surface area contributed by atoms with Gasteiger partial charge in [-0.25, -0.2) is 4.68 Å². The predicted molar refractivity (Wildman–Crippen MR) is 80.1 cm³/mol. The van der Waals surface area contributed by atoms with Gasteiger partial charge in [0.1, 0.15) is 30.6 Å². The predicted octanol–water partition coefficient (Wildman–Crippen LogP) is 1.28. The molecule has 1 aromatic carbocycles. The molecule has 1 atom stereocenters. The first-order valence-corrected chi connectivity index (χ1v) is 7.17. The fourth-order valence-corrected chi connectivity index (χ4v) is 2.34. The molecule has 9 heteroatoms. The lowest BCUT2D eigenvalue weighted by Gasteiger charge is -2.24. The van der Waals surface area contributed by atoms with Crippen LogP contribution in [0.25, 0.3) is 0 Å². The van der Waals surface area contributed by atoms with Gasteiger partial charge in [-0.15, -0.1) is 0 Å². The van der Waals surface area contributed by atoms with E-state index in [1.54, 1.807) is 0 Å². The summed E-state index contributed by atoms with van der Waals surface area (Å²) >= 11 is 0. The first-order chi connectivity index (χ1) is 11.7. The summed E-state index contributed by atoms with van der Waals surface area (Å²) in [6, 6.07) is 9.34. The van der Waals surface area contributed by atoms with Gasteiger partial charge >= 0.3 is 0 Å². The minimum absolute atomic E-state index is 0.171. The van der Waals surface area contributed by atoms with Crippen molar-refractivity contribution in [2.45, 2.75) is 12.6 Å². The van der Waals surface area contributed by atoms with E-state index in [2.05, 4.69) is 15.2 Å². The van der Waals surface area contributed by atoms with Crippen LogP contribution in [0.15, 0.2) is 35.0 Å². The Kier molecular flexibility index (Phi) is 3.28. The van der Waals surface area contributed by atoms with Crippen molar-refractivity contribution in [1.29, 1.82) is 5.26 Å². The third-order valence-electron chi connectivity index (χ3n) is 3.57. The van der Waals surface area contributed by atoms with Crippen LogP contribution in [0, 0.1) is 11.3 Å². The number of rotatable bonds is 3. The van der Waals surface area contributed by atoms with Crippen LogP contribution in [0.5, 0.6) is 11.5 Å². The van der Waals surface area contributed by atoms with E-state index in [0.717, 1.165) is 0 Å². The highest BCUT2D eigenvalue weighted by molar-refractivity contribution is 5.47. The first kappa shape index (κ1) is 14.1. The van der Waals surface area contributed by atoms with E-state index in [9.17, 15) is 0 Å². The molecule has 0 aliphatic carbocycles. The summed E-state index contributed by atoms with van der Waals surface area (Å²) < 4.78 is 18.1. The number of benzene rings is 1. The maximum absolute atomic E-state index is 8.89. The molecule has 0 saturated heterocycles. The van der Waals surface area contributed by atoms with Crippen LogP contribution >= 0.6 is 0 Å². The Morgan fingerprint density at radius 2 is 2.17 bits per heavy atom. The monoisotopic (exact) mass is 324 g/mol. The summed E-state index contributed by atoms with van der Waals surface area (Å²) in [6.07, 6.45) is 0.934. The molecule has 9 nitrogen and oxygen atoms in total. The summed E-state index contributed by atoms with van der Waals surface area (Å²) in [4.78, 5) is 4.30. The third kappa shape index (κ3) is 2.40. The van der Waals surface area contributed by atoms with Crippen molar-refractivity contribution in [3.05, 3.63) is 47.7 Å². The van der Waals surface area contributed by atoms with Crippen LogP contribution in [-0.4, -0.2) is 26.5 Å². The van der Waals surface area contributed by atoms with Crippen molar-refractivity contribution in [2.24, 2.45) is 0 Å². The van der Waals surface area contributed by atoms with Crippen molar-refractivity contribution in [2.75, 3.05) is 12.3 Å². The number of nitrogens with two attached hydrogens (primary N) is 1. The van der Waals surface area contributed by atoms with Gasteiger partial charge in [-0.1, -0.05) is 17.3 Å². The quantitative estimate of drug-likeness (QED) is 0.763. The van der Waals surface area contributed by atoms with Crippen molar-refractivity contribution < 1.29 is 14.0 Å². The maximum atomic E-state index is 8.89. The molecule has 4 rings (SSSR count). The van der Waals surface area contributed by atoms with Gasteiger partial charge < -0.3 is 19.7 Å². The van der Waals surface area contributed by atoms with E-state index >= 15 is 0 Å². The van der Waals surface area contributed by atoms with E-state index in [1.807, 2.05) is 30.3 Å². The lowest BCUT2D eigenvalue weighted by molar-refractivity contribution is 0.0832. The van der Waals surface area contributed by atoms with Crippen molar-refractivity contribution in [1.82, 2.24) is 19.9 Å². The van der Waals surface area contributed by atoms with Gasteiger partial charge in [-0.2, -0.15) is 15.3 Å². The summed E-state index contributed by atoms with van der Waals surface area (Å²) in [5, 5.41) is 16.8. The van der Waals surface area contributed by atoms with E-state index in [1.165, 1.54) is 10.9 Å². The highest BCUT2D eigenvalue weighted by Crippen LogP contribution is 2.35. The number of hydrogen-bond acceptors (Lipinski definition) is 8. The average molecular weight is 324 g/mol. The molecule has 0 radical (unpaired) electrons. The molecule has 0 saturated carbocycles. The van der Waals surface area contributed by atoms with Gasteiger partial charge in [0, 0.05) is 0 Å².